The fourth-order valence-electron chi connectivity index (χ4n) is 1.43. The van der Waals surface area contributed by atoms with E-state index in [4.69, 9.17) is 9.47 Å². The van der Waals surface area contributed by atoms with Crippen LogP contribution in [0.15, 0.2) is 18.2 Å². The van der Waals surface area contributed by atoms with Crippen molar-refractivity contribution in [3.05, 3.63) is 29.8 Å². The predicted molar refractivity (Wildman–Crippen MR) is 70.4 cm³/mol. The molecule has 0 amide bonds. The summed E-state index contributed by atoms with van der Waals surface area (Å²) < 4.78 is 36.2. The van der Waals surface area contributed by atoms with Gasteiger partial charge in [-0.05, 0) is 18.6 Å². The first-order chi connectivity index (χ1) is 9.24. The van der Waals surface area contributed by atoms with Gasteiger partial charge in [-0.25, -0.2) is 8.78 Å². The molecule has 0 saturated carbocycles. The van der Waals surface area contributed by atoms with Gasteiger partial charge in [0.15, 0.2) is 11.6 Å². The topological polar surface area (TPSA) is 30.5 Å². The summed E-state index contributed by atoms with van der Waals surface area (Å²) in [6.07, 6.45) is 2.22. The Hall–Kier alpha value is -1.20. The van der Waals surface area contributed by atoms with Crippen LogP contribution in [0.2, 0.25) is 0 Å². The van der Waals surface area contributed by atoms with Crippen molar-refractivity contribution in [3.63, 3.8) is 0 Å². The third kappa shape index (κ3) is 7.08. The number of rotatable bonds is 10. The Labute approximate surface area is 112 Å². The van der Waals surface area contributed by atoms with E-state index in [2.05, 4.69) is 12.2 Å². The van der Waals surface area contributed by atoms with Gasteiger partial charge < -0.3 is 14.8 Å². The minimum Gasteiger partial charge on any atom is -0.492 e. The zero-order chi connectivity index (χ0) is 13.9. The molecule has 1 rings (SSSR count). The van der Waals surface area contributed by atoms with Crippen LogP contribution in [0.5, 0.6) is 5.75 Å². The minimum absolute atomic E-state index is 0.333. The van der Waals surface area contributed by atoms with E-state index in [0.29, 0.717) is 25.5 Å². The number of hydrogen-bond donors (Lipinski definition) is 1. The van der Waals surface area contributed by atoms with Gasteiger partial charge in [0.25, 0.3) is 0 Å². The second-order valence-corrected chi connectivity index (χ2v) is 4.14. The maximum atomic E-state index is 12.9. The highest BCUT2D eigenvalue weighted by molar-refractivity contribution is 5.23. The van der Waals surface area contributed by atoms with Crippen molar-refractivity contribution in [2.24, 2.45) is 0 Å². The third-order valence-corrected chi connectivity index (χ3v) is 2.50. The summed E-state index contributed by atoms with van der Waals surface area (Å²) in [4.78, 5) is 0. The second kappa shape index (κ2) is 9.69. The van der Waals surface area contributed by atoms with Gasteiger partial charge in [0, 0.05) is 25.8 Å². The number of halogens is 2. The number of ether oxygens (including phenoxy) is 2. The Morgan fingerprint density at radius 1 is 1.05 bits per heavy atom. The Balaban J connectivity index is 2.00. The predicted octanol–water partition coefficient (Wildman–Crippen LogP) is 2.75. The Bertz CT molecular complexity index is 361. The van der Waals surface area contributed by atoms with Gasteiger partial charge in [-0.1, -0.05) is 13.3 Å². The minimum atomic E-state index is -0.894. The molecule has 19 heavy (non-hydrogen) atoms. The van der Waals surface area contributed by atoms with Crippen molar-refractivity contribution in [2.75, 3.05) is 32.9 Å². The quantitative estimate of drug-likeness (QED) is 0.665. The van der Waals surface area contributed by atoms with E-state index in [9.17, 15) is 8.78 Å². The van der Waals surface area contributed by atoms with E-state index in [1.807, 2.05) is 0 Å². The molecule has 0 aliphatic carbocycles. The summed E-state index contributed by atoms with van der Waals surface area (Å²) in [5, 5.41) is 3.14. The highest BCUT2D eigenvalue weighted by Gasteiger charge is 2.02. The van der Waals surface area contributed by atoms with Gasteiger partial charge in [0.2, 0.25) is 0 Å². The standard InChI is InChI=1S/C14H21F2NO2/c1-2-3-8-18-9-6-17-7-10-19-12-4-5-13(15)14(16)11-12/h4-5,11,17H,2-3,6-10H2,1H3. The monoisotopic (exact) mass is 273 g/mol. The van der Waals surface area contributed by atoms with Crippen LogP contribution in [0.25, 0.3) is 0 Å². The lowest BCUT2D eigenvalue weighted by molar-refractivity contribution is 0.132. The summed E-state index contributed by atoms with van der Waals surface area (Å²) in [5.41, 5.74) is 0. The molecule has 3 nitrogen and oxygen atoms in total. The zero-order valence-electron chi connectivity index (χ0n) is 11.3. The summed E-state index contributed by atoms with van der Waals surface area (Å²) in [7, 11) is 0. The summed E-state index contributed by atoms with van der Waals surface area (Å²) in [6, 6.07) is 3.51. The van der Waals surface area contributed by atoms with Crippen molar-refractivity contribution in [2.45, 2.75) is 19.8 Å². The highest BCUT2D eigenvalue weighted by atomic mass is 19.2. The molecule has 0 spiro atoms. The molecular weight excluding hydrogens is 252 g/mol. The molecule has 1 aromatic carbocycles. The second-order valence-electron chi connectivity index (χ2n) is 4.14. The highest BCUT2D eigenvalue weighted by Crippen LogP contribution is 2.14. The van der Waals surface area contributed by atoms with Crippen LogP contribution < -0.4 is 10.1 Å². The normalized spacial score (nSPS) is 10.7. The van der Waals surface area contributed by atoms with E-state index in [0.717, 1.165) is 38.1 Å². The third-order valence-electron chi connectivity index (χ3n) is 2.50. The van der Waals surface area contributed by atoms with E-state index >= 15 is 0 Å². The maximum absolute atomic E-state index is 12.9. The molecule has 0 unspecified atom stereocenters. The number of unbranched alkanes of at least 4 members (excludes halogenated alkanes) is 1. The Kier molecular flexibility index (Phi) is 8.09. The summed E-state index contributed by atoms with van der Waals surface area (Å²) in [5.74, 6) is -1.43. The van der Waals surface area contributed by atoms with Gasteiger partial charge in [0.1, 0.15) is 12.4 Å². The first-order valence-corrected chi connectivity index (χ1v) is 6.60. The van der Waals surface area contributed by atoms with Gasteiger partial charge in [0.05, 0.1) is 6.61 Å². The van der Waals surface area contributed by atoms with Crippen molar-refractivity contribution in [1.82, 2.24) is 5.32 Å². The molecule has 0 bridgehead atoms. The molecule has 0 aromatic heterocycles. The molecule has 5 heteroatoms. The van der Waals surface area contributed by atoms with E-state index in [1.54, 1.807) is 0 Å². The average Bonchev–Trinajstić information content (AvgIpc) is 2.41. The lowest BCUT2D eigenvalue weighted by Gasteiger charge is -2.08. The zero-order valence-corrected chi connectivity index (χ0v) is 11.3. The van der Waals surface area contributed by atoms with Crippen LogP contribution in [-0.4, -0.2) is 32.9 Å². The molecular formula is C14H21F2NO2. The average molecular weight is 273 g/mol. The molecule has 108 valence electrons. The first-order valence-electron chi connectivity index (χ1n) is 6.60. The number of hydrogen-bond acceptors (Lipinski definition) is 3. The Morgan fingerprint density at radius 2 is 1.84 bits per heavy atom. The van der Waals surface area contributed by atoms with Gasteiger partial charge in [-0.15, -0.1) is 0 Å². The molecule has 1 N–H and O–H groups in total. The van der Waals surface area contributed by atoms with Crippen molar-refractivity contribution < 1.29 is 18.3 Å². The number of nitrogens with one attached hydrogen (secondary N) is 1. The van der Waals surface area contributed by atoms with Crippen molar-refractivity contribution >= 4 is 0 Å². The van der Waals surface area contributed by atoms with Crippen LogP contribution in [-0.2, 0) is 4.74 Å². The summed E-state index contributed by atoms with van der Waals surface area (Å²) in [6.45, 7) is 5.38. The molecule has 0 atom stereocenters. The van der Waals surface area contributed by atoms with Crippen LogP contribution in [0, 0.1) is 11.6 Å². The van der Waals surface area contributed by atoms with Crippen LogP contribution in [0.3, 0.4) is 0 Å². The van der Waals surface area contributed by atoms with Gasteiger partial charge in [-0.3, -0.25) is 0 Å². The molecule has 0 aliphatic heterocycles. The smallest absolute Gasteiger partial charge is 0.162 e. The van der Waals surface area contributed by atoms with Crippen molar-refractivity contribution in [3.8, 4) is 5.75 Å². The van der Waals surface area contributed by atoms with E-state index in [-0.39, 0.29) is 0 Å². The van der Waals surface area contributed by atoms with Crippen LogP contribution in [0.1, 0.15) is 19.8 Å². The molecule has 0 fully saturated rings. The lowest BCUT2D eigenvalue weighted by atomic mass is 10.3. The Morgan fingerprint density at radius 3 is 2.58 bits per heavy atom. The SMILES string of the molecule is CCCCOCCNCCOc1ccc(F)c(F)c1. The lowest BCUT2D eigenvalue weighted by Crippen LogP contribution is -2.25. The largest absolute Gasteiger partial charge is 0.492 e. The molecule has 0 saturated heterocycles. The number of benzene rings is 1. The molecule has 0 heterocycles. The fraction of sp³-hybridized carbons (Fsp3) is 0.571. The molecule has 0 aliphatic rings. The van der Waals surface area contributed by atoms with Crippen molar-refractivity contribution in [1.29, 1.82) is 0 Å². The van der Waals surface area contributed by atoms with E-state index < -0.39 is 11.6 Å². The molecule has 0 radical (unpaired) electrons. The van der Waals surface area contributed by atoms with Gasteiger partial charge in [-0.2, -0.15) is 0 Å². The fourth-order valence-corrected chi connectivity index (χ4v) is 1.43. The summed E-state index contributed by atoms with van der Waals surface area (Å²) >= 11 is 0. The van der Waals surface area contributed by atoms with Crippen LogP contribution >= 0.6 is 0 Å². The van der Waals surface area contributed by atoms with Gasteiger partial charge >= 0.3 is 0 Å². The maximum Gasteiger partial charge on any atom is 0.162 e. The first kappa shape index (κ1) is 15.9. The van der Waals surface area contributed by atoms with Crippen LogP contribution in [0.4, 0.5) is 8.78 Å². The molecule has 1 aromatic rings. The van der Waals surface area contributed by atoms with E-state index in [1.165, 1.54) is 6.07 Å².